The zero-order valence-electron chi connectivity index (χ0n) is 23.1. The first kappa shape index (κ1) is 29.5. The molecule has 1 aliphatic rings. The van der Waals surface area contributed by atoms with Gasteiger partial charge in [-0.2, -0.15) is 0 Å². The number of carboxylic acids is 1. The Kier molecular flexibility index (Phi) is 9.45. The molecule has 4 rings (SSSR count). The standard InChI is InChI=1S/C31H36ClN3O5/c1-20-7-4-5-8-23(20)24-10-12-26(29(37)34-31(30(38)39)15-13-22(36)14-16-31)33-28(24)21-9-11-25(32)27(19-21)40-18-6-17-35(2)3/h4-5,7-12,19,22,36H,6,13-18H2,1-3H3,(H,34,37)(H,38,39)/t22-,31+. The van der Waals surface area contributed by atoms with Crippen LogP contribution in [0, 0.1) is 6.92 Å². The molecule has 1 aromatic heterocycles. The van der Waals surface area contributed by atoms with Gasteiger partial charge in [0.1, 0.15) is 17.0 Å². The number of carbonyl (C=O) groups excluding carboxylic acids is 1. The van der Waals surface area contributed by atoms with E-state index in [0.29, 0.717) is 41.5 Å². The van der Waals surface area contributed by atoms with Crippen molar-refractivity contribution >= 4 is 23.5 Å². The fourth-order valence-corrected chi connectivity index (χ4v) is 5.16. The summed E-state index contributed by atoms with van der Waals surface area (Å²) >= 11 is 6.46. The van der Waals surface area contributed by atoms with E-state index in [2.05, 4.69) is 10.2 Å². The number of carbonyl (C=O) groups is 2. The van der Waals surface area contributed by atoms with Crippen molar-refractivity contribution < 1.29 is 24.5 Å². The van der Waals surface area contributed by atoms with Gasteiger partial charge in [0.05, 0.1) is 23.4 Å². The number of rotatable bonds is 10. The second kappa shape index (κ2) is 12.8. The molecule has 0 spiro atoms. The zero-order valence-corrected chi connectivity index (χ0v) is 23.9. The lowest BCUT2D eigenvalue weighted by molar-refractivity contribution is -0.146. The Morgan fingerprint density at radius 1 is 1.10 bits per heavy atom. The Bertz CT molecular complexity index is 1370. The van der Waals surface area contributed by atoms with Gasteiger partial charge >= 0.3 is 5.97 Å². The van der Waals surface area contributed by atoms with Gasteiger partial charge < -0.3 is 25.2 Å². The molecule has 1 fully saturated rings. The molecule has 40 heavy (non-hydrogen) atoms. The molecule has 1 heterocycles. The van der Waals surface area contributed by atoms with Crippen molar-refractivity contribution in [3.63, 3.8) is 0 Å². The molecule has 1 saturated carbocycles. The SMILES string of the molecule is Cc1ccccc1-c1ccc(C(=O)N[C@]2(C(=O)O)CC[C@H](O)CC2)nc1-c1ccc(Cl)c(OCCCN(C)C)c1. The second-order valence-corrected chi connectivity index (χ2v) is 11.0. The minimum atomic E-state index is -1.44. The number of hydrogen-bond donors (Lipinski definition) is 3. The number of aliphatic carboxylic acids is 1. The van der Waals surface area contributed by atoms with Gasteiger partial charge in [-0.1, -0.05) is 41.9 Å². The minimum absolute atomic E-state index is 0.0995. The molecule has 2 aromatic carbocycles. The molecule has 0 unspecified atom stereocenters. The van der Waals surface area contributed by atoms with Crippen LogP contribution in [0.4, 0.5) is 0 Å². The molecule has 0 atom stereocenters. The average Bonchev–Trinajstić information content (AvgIpc) is 2.93. The lowest BCUT2D eigenvalue weighted by Gasteiger charge is -2.35. The van der Waals surface area contributed by atoms with Crippen molar-refractivity contribution in [3.8, 4) is 28.1 Å². The number of halogens is 1. The van der Waals surface area contributed by atoms with E-state index in [1.54, 1.807) is 12.1 Å². The number of benzene rings is 2. The van der Waals surface area contributed by atoms with E-state index < -0.39 is 23.5 Å². The zero-order chi connectivity index (χ0) is 28.9. The van der Waals surface area contributed by atoms with Crippen molar-refractivity contribution in [2.24, 2.45) is 0 Å². The maximum atomic E-state index is 13.4. The quantitative estimate of drug-likeness (QED) is 0.290. The van der Waals surface area contributed by atoms with E-state index in [1.807, 2.05) is 63.5 Å². The smallest absolute Gasteiger partial charge is 0.329 e. The predicted molar refractivity (Wildman–Crippen MR) is 156 cm³/mol. The van der Waals surface area contributed by atoms with Crippen LogP contribution >= 0.6 is 11.6 Å². The van der Waals surface area contributed by atoms with Crippen LogP contribution in [0.2, 0.25) is 5.02 Å². The van der Waals surface area contributed by atoms with Gasteiger partial charge in [-0.05, 0) is 88.5 Å². The summed E-state index contributed by atoms with van der Waals surface area (Å²) in [5.41, 5.74) is 2.76. The van der Waals surface area contributed by atoms with Gasteiger partial charge in [0, 0.05) is 17.7 Å². The summed E-state index contributed by atoms with van der Waals surface area (Å²) in [6.07, 6.45) is 1.17. The fourth-order valence-electron chi connectivity index (χ4n) is 4.99. The summed E-state index contributed by atoms with van der Waals surface area (Å²) in [5, 5.41) is 23.0. The maximum Gasteiger partial charge on any atom is 0.329 e. The van der Waals surface area contributed by atoms with E-state index in [0.717, 1.165) is 29.7 Å². The van der Waals surface area contributed by atoms with Crippen molar-refractivity contribution in [2.75, 3.05) is 27.2 Å². The topological polar surface area (TPSA) is 112 Å². The first-order valence-electron chi connectivity index (χ1n) is 13.5. The number of pyridine rings is 1. The van der Waals surface area contributed by atoms with E-state index in [-0.39, 0.29) is 18.5 Å². The molecule has 9 heteroatoms. The number of aliphatic hydroxyl groups is 1. The number of aromatic nitrogens is 1. The van der Waals surface area contributed by atoms with E-state index in [1.165, 1.54) is 0 Å². The van der Waals surface area contributed by atoms with Crippen molar-refractivity contribution in [2.45, 2.75) is 50.7 Å². The molecule has 1 amide bonds. The summed E-state index contributed by atoms with van der Waals surface area (Å²) in [5.74, 6) is -1.17. The predicted octanol–water partition coefficient (Wildman–Crippen LogP) is 5.20. The highest BCUT2D eigenvalue weighted by molar-refractivity contribution is 6.32. The van der Waals surface area contributed by atoms with Gasteiger partial charge in [0.2, 0.25) is 0 Å². The normalized spacial score (nSPS) is 18.9. The van der Waals surface area contributed by atoms with Crippen LogP contribution in [0.3, 0.4) is 0 Å². The maximum absolute atomic E-state index is 13.4. The number of amides is 1. The lowest BCUT2D eigenvalue weighted by Crippen LogP contribution is -2.57. The van der Waals surface area contributed by atoms with Crippen LogP contribution in [0.15, 0.2) is 54.6 Å². The number of aliphatic hydroxyl groups excluding tert-OH is 1. The summed E-state index contributed by atoms with van der Waals surface area (Å²) in [6, 6.07) is 16.8. The van der Waals surface area contributed by atoms with E-state index in [9.17, 15) is 19.8 Å². The van der Waals surface area contributed by atoms with Crippen LogP contribution in [-0.2, 0) is 4.79 Å². The monoisotopic (exact) mass is 565 g/mol. The van der Waals surface area contributed by atoms with Crippen LogP contribution in [-0.4, -0.2) is 70.9 Å². The van der Waals surface area contributed by atoms with Crippen LogP contribution in [0.25, 0.3) is 22.4 Å². The first-order chi connectivity index (χ1) is 19.1. The Labute approximate surface area is 240 Å². The second-order valence-electron chi connectivity index (χ2n) is 10.6. The highest BCUT2D eigenvalue weighted by atomic mass is 35.5. The number of nitrogens with one attached hydrogen (secondary N) is 1. The molecular weight excluding hydrogens is 530 g/mol. The molecule has 3 aromatic rings. The largest absolute Gasteiger partial charge is 0.492 e. The summed E-state index contributed by atoms with van der Waals surface area (Å²) in [7, 11) is 4.01. The molecule has 0 bridgehead atoms. The Hall–Kier alpha value is -3.46. The molecule has 0 saturated heterocycles. The van der Waals surface area contributed by atoms with Crippen LogP contribution in [0.5, 0.6) is 5.75 Å². The highest BCUT2D eigenvalue weighted by Crippen LogP contribution is 2.37. The van der Waals surface area contributed by atoms with Crippen molar-refractivity contribution in [1.82, 2.24) is 15.2 Å². The van der Waals surface area contributed by atoms with Gasteiger partial charge in [-0.25, -0.2) is 9.78 Å². The lowest BCUT2D eigenvalue weighted by atomic mass is 9.80. The Balaban J connectivity index is 1.72. The van der Waals surface area contributed by atoms with E-state index in [4.69, 9.17) is 21.3 Å². The van der Waals surface area contributed by atoms with Gasteiger partial charge in [-0.3, -0.25) is 4.79 Å². The average molecular weight is 566 g/mol. The van der Waals surface area contributed by atoms with Crippen molar-refractivity contribution in [3.05, 3.63) is 70.9 Å². The molecule has 8 nitrogen and oxygen atoms in total. The van der Waals surface area contributed by atoms with Gasteiger partial charge in [-0.15, -0.1) is 0 Å². The Morgan fingerprint density at radius 2 is 1.82 bits per heavy atom. The molecule has 3 N–H and O–H groups in total. The van der Waals surface area contributed by atoms with Crippen LogP contribution < -0.4 is 10.1 Å². The molecule has 0 aliphatic heterocycles. The number of hydrogen-bond acceptors (Lipinski definition) is 6. The number of carboxylic acid groups (broad SMARTS) is 1. The minimum Gasteiger partial charge on any atom is -0.492 e. The van der Waals surface area contributed by atoms with Crippen molar-refractivity contribution in [1.29, 1.82) is 0 Å². The number of aryl methyl sites for hydroxylation is 1. The molecule has 0 radical (unpaired) electrons. The summed E-state index contributed by atoms with van der Waals surface area (Å²) in [4.78, 5) is 32.4. The van der Waals surface area contributed by atoms with E-state index >= 15 is 0 Å². The first-order valence-corrected chi connectivity index (χ1v) is 13.9. The fraction of sp³-hybridized carbons (Fsp3) is 0.387. The molecule has 1 aliphatic carbocycles. The highest BCUT2D eigenvalue weighted by Gasteiger charge is 2.43. The third-order valence-electron chi connectivity index (χ3n) is 7.35. The third-order valence-corrected chi connectivity index (χ3v) is 7.66. The summed E-state index contributed by atoms with van der Waals surface area (Å²) in [6.45, 7) is 3.38. The number of ether oxygens (including phenoxy) is 1. The third kappa shape index (κ3) is 6.81. The summed E-state index contributed by atoms with van der Waals surface area (Å²) < 4.78 is 5.99. The van der Waals surface area contributed by atoms with Gasteiger partial charge in [0.25, 0.3) is 5.91 Å². The van der Waals surface area contributed by atoms with Crippen LogP contribution in [0.1, 0.15) is 48.2 Å². The van der Waals surface area contributed by atoms with Gasteiger partial charge in [0.15, 0.2) is 0 Å². The Morgan fingerprint density at radius 3 is 2.50 bits per heavy atom. The number of nitrogens with zero attached hydrogens (tertiary/aromatic N) is 2. The molecule has 212 valence electrons. The molecular formula is C31H36ClN3O5.